The summed E-state index contributed by atoms with van der Waals surface area (Å²) in [5.41, 5.74) is 1.67. The Morgan fingerprint density at radius 2 is 1.76 bits per heavy atom. The highest BCUT2D eigenvalue weighted by atomic mass is 32.1. The number of halogens is 1. The van der Waals surface area contributed by atoms with Crippen molar-refractivity contribution in [3.05, 3.63) is 52.2 Å². The van der Waals surface area contributed by atoms with Gasteiger partial charge in [0.15, 0.2) is 0 Å². The molecule has 8 nitrogen and oxygen atoms in total. The molecule has 3 aromatic rings. The standard InChI is InChI=1S/C24H29FN6O2S/c1-2-3-19-16-21(32)31-23(26-19)34-24(27-31)30-10-8-17(9-11-30)22(33)29-14-12-28(13-15-29)20-6-4-18(25)5-7-20/h4-7,16-17H,2-3,8-15H2,1H3. The van der Waals surface area contributed by atoms with Gasteiger partial charge < -0.3 is 14.7 Å². The van der Waals surface area contributed by atoms with E-state index in [1.165, 1.54) is 28.0 Å². The van der Waals surface area contributed by atoms with Gasteiger partial charge in [0.1, 0.15) is 5.82 Å². The molecule has 0 saturated carbocycles. The summed E-state index contributed by atoms with van der Waals surface area (Å²) >= 11 is 1.44. The Kier molecular flexibility index (Phi) is 6.49. The van der Waals surface area contributed by atoms with Gasteiger partial charge in [-0.1, -0.05) is 24.7 Å². The Hall–Kier alpha value is -3.01. The monoisotopic (exact) mass is 484 g/mol. The van der Waals surface area contributed by atoms with Gasteiger partial charge in [-0.3, -0.25) is 9.59 Å². The number of hydrogen-bond acceptors (Lipinski definition) is 7. The average Bonchev–Trinajstić information content (AvgIpc) is 3.29. The molecule has 0 atom stereocenters. The molecule has 0 bridgehead atoms. The van der Waals surface area contributed by atoms with E-state index in [0.29, 0.717) is 18.1 Å². The molecule has 5 rings (SSSR count). The van der Waals surface area contributed by atoms with Gasteiger partial charge in [-0.25, -0.2) is 9.37 Å². The second-order valence-electron chi connectivity index (χ2n) is 8.96. The number of nitrogens with zero attached hydrogens (tertiary/aromatic N) is 6. The number of piperidine rings is 1. The van der Waals surface area contributed by atoms with Crippen molar-refractivity contribution in [2.45, 2.75) is 32.6 Å². The van der Waals surface area contributed by atoms with Crippen LogP contribution >= 0.6 is 11.3 Å². The number of carbonyl (C=O) groups is 1. The highest BCUT2D eigenvalue weighted by Crippen LogP contribution is 2.28. The zero-order chi connectivity index (χ0) is 23.7. The second kappa shape index (κ2) is 9.69. The molecule has 10 heteroatoms. The van der Waals surface area contributed by atoms with Gasteiger partial charge >= 0.3 is 0 Å². The van der Waals surface area contributed by atoms with Crippen molar-refractivity contribution in [1.82, 2.24) is 19.5 Å². The molecule has 2 saturated heterocycles. The first-order valence-electron chi connectivity index (χ1n) is 12.0. The summed E-state index contributed by atoms with van der Waals surface area (Å²) in [6.07, 6.45) is 3.27. The van der Waals surface area contributed by atoms with E-state index in [2.05, 4.69) is 26.8 Å². The molecule has 2 aromatic heterocycles. The fraction of sp³-hybridized carbons (Fsp3) is 0.500. The van der Waals surface area contributed by atoms with Crippen LogP contribution in [0.1, 0.15) is 31.9 Å². The first-order valence-corrected chi connectivity index (χ1v) is 12.8. The van der Waals surface area contributed by atoms with Crippen LogP contribution in [0.2, 0.25) is 0 Å². The highest BCUT2D eigenvalue weighted by Gasteiger charge is 2.31. The van der Waals surface area contributed by atoms with Crippen LogP contribution in [0.15, 0.2) is 35.1 Å². The summed E-state index contributed by atoms with van der Waals surface area (Å²) < 4.78 is 14.6. The Morgan fingerprint density at radius 1 is 1.06 bits per heavy atom. The predicted molar refractivity (Wildman–Crippen MR) is 131 cm³/mol. The van der Waals surface area contributed by atoms with E-state index in [9.17, 15) is 14.0 Å². The van der Waals surface area contributed by atoms with Crippen molar-refractivity contribution in [2.24, 2.45) is 5.92 Å². The molecular weight excluding hydrogens is 455 g/mol. The fourth-order valence-electron chi connectivity index (χ4n) is 4.77. The van der Waals surface area contributed by atoms with Gasteiger partial charge in [0.05, 0.1) is 0 Å². The average molecular weight is 485 g/mol. The summed E-state index contributed by atoms with van der Waals surface area (Å²) in [5.74, 6) is 0.00382. The van der Waals surface area contributed by atoms with E-state index in [1.807, 2.05) is 4.90 Å². The normalized spacial score (nSPS) is 17.5. The van der Waals surface area contributed by atoms with Crippen LogP contribution in [0.3, 0.4) is 0 Å². The molecule has 0 N–H and O–H groups in total. The third-order valence-electron chi connectivity index (χ3n) is 6.69. The van der Waals surface area contributed by atoms with Crippen molar-refractivity contribution in [3.63, 3.8) is 0 Å². The van der Waals surface area contributed by atoms with E-state index in [0.717, 1.165) is 68.4 Å². The van der Waals surface area contributed by atoms with Crippen LogP contribution in [0, 0.1) is 11.7 Å². The maximum absolute atomic E-state index is 13.2. The molecule has 1 aromatic carbocycles. The third kappa shape index (κ3) is 4.64. The van der Waals surface area contributed by atoms with Gasteiger partial charge in [-0.2, -0.15) is 4.52 Å². The lowest BCUT2D eigenvalue weighted by atomic mass is 9.95. The topological polar surface area (TPSA) is 74.1 Å². The Bertz CT molecular complexity index is 1210. The molecular formula is C24H29FN6O2S. The van der Waals surface area contributed by atoms with Gasteiger partial charge in [0.25, 0.3) is 5.56 Å². The largest absolute Gasteiger partial charge is 0.368 e. The van der Waals surface area contributed by atoms with E-state index in [-0.39, 0.29) is 23.2 Å². The minimum Gasteiger partial charge on any atom is -0.368 e. The number of fused-ring (bicyclic) bond motifs is 1. The maximum Gasteiger partial charge on any atom is 0.275 e. The molecule has 34 heavy (non-hydrogen) atoms. The molecule has 4 heterocycles. The summed E-state index contributed by atoms with van der Waals surface area (Å²) in [5, 5.41) is 5.29. The number of amides is 1. The van der Waals surface area contributed by atoms with Crippen molar-refractivity contribution < 1.29 is 9.18 Å². The molecule has 2 aliphatic rings. The number of aromatic nitrogens is 3. The Labute approximate surface area is 201 Å². The highest BCUT2D eigenvalue weighted by molar-refractivity contribution is 7.20. The summed E-state index contributed by atoms with van der Waals surface area (Å²) in [4.78, 5) is 37.1. The molecule has 0 unspecified atom stereocenters. The number of aryl methyl sites for hydroxylation is 1. The number of hydrogen-bond donors (Lipinski definition) is 0. The summed E-state index contributed by atoms with van der Waals surface area (Å²) in [7, 11) is 0. The van der Waals surface area contributed by atoms with Gasteiger partial charge in [-0.15, -0.1) is 5.10 Å². The van der Waals surface area contributed by atoms with Crippen LogP contribution in [-0.4, -0.2) is 64.7 Å². The lowest BCUT2D eigenvalue weighted by molar-refractivity contribution is -0.136. The van der Waals surface area contributed by atoms with Crippen LogP contribution in [0.25, 0.3) is 4.96 Å². The van der Waals surface area contributed by atoms with Crippen LogP contribution in [-0.2, 0) is 11.2 Å². The second-order valence-corrected chi connectivity index (χ2v) is 9.90. The fourth-order valence-corrected chi connectivity index (χ4v) is 5.75. The van der Waals surface area contributed by atoms with Crippen molar-refractivity contribution >= 4 is 33.0 Å². The van der Waals surface area contributed by atoms with Gasteiger partial charge in [0, 0.05) is 62.6 Å². The minimum absolute atomic E-state index is 0.0139. The summed E-state index contributed by atoms with van der Waals surface area (Å²) in [6, 6.07) is 8.10. The van der Waals surface area contributed by atoms with Crippen LogP contribution in [0.5, 0.6) is 0 Å². The zero-order valence-corrected chi connectivity index (χ0v) is 20.1. The van der Waals surface area contributed by atoms with E-state index in [4.69, 9.17) is 0 Å². The first kappa shape index (κ1) is 22.8. The lowest BCUT2D eigenvalue weighted by Gasteiger charge is -2.39. The molecule has 1 amide bonds. The van der Waals surface area contributed by atoms with E-state index < -0.39 is 0 Å². The van der Waals surface area contributed by atoms with Crippen molar-refractivity contribution in [3.8, 4) is 0 Å². The molecule has 0 aliphatic carbocycles. The number of benzene rings is 1. The van der Waals surface area contributed by atoms with Crippen LogP contribution in [0.4, 0.5) is 15.2 Å². The quantitative estimate of drug-likeness (QED) is 0.555. The van der Waals surface area contributed by atoms with E-state index in [1.54, 1.807) is 18.2 Å². The number of rotatable bonds is 5. The molecule has 0 radical (unpaired) electrons. The van der Waals surface area contributed by atoms with Crippen molar-refractivity contribution in [1.29, 1.82) is 0 Å². The molecule has 2 fully saturated rings. The SMILES string of the molecule is CCCc1cc(=O)n2nc(N3CCC(C(=O)N4CCN(c5ccc(F)cc5)CC4)CC3)sc2n1. The summed E-state index contributed by atoms with van der Waals surface area (Å²) in [6.45, 7) is 6.42. The number of carbonyl (C=O) groups excluding carboxylic acids is 1. The number of anilines is 2. The number of piperazine rings is 1. The third-order valence-corrected chi connectivity index (χ3v) is 7.66. The Morgan fingerprint density at radius 3 is 2.44 bits per heavy atom. The van der Waals surface area contributed by atoms with Crippen LogP contribution < -0.4 is 15.4 Å². The molecule has 2 aliphatic heterocycles. The zero-order valence-electron chi connectivity index (χ0n) is 19.3. The Balaban J connectivity index is 1.17. The predicted octanol–water partition coefficient (Wildman–Crippen LogP) is 2.81. The molecule has 180 valence electrons. The van der Waals surface area contributed by atoms with Gasteiger partial charge in [0.2, 0.25) is 16.0 Å². The molecule has 0 spiro atoms. The van der Waals surface area contributed by atoms with Crippen molar-refractivity contribution in [2.75, 3.05) is 49.1 Å². The van der Waals surface area contributed by atoms with Gasteiger partial charge in [-0.05, 0) is 43.5 Å². The minimum atomic E-state index is -0.237. The van der Waals surface area contributed by atoms with E-state index >= 15 is 0 Å². The maximum atomic E-state index is 13.2. The lowest BCUT2D eigenvalue weighted by Crippen LogP contribution is -2.51. The smallest absolute Gasteiger partial charge is 0.275 e. The first-order chi connectivity index (χ1) is 16.5.